The lowest BCUT2D eigenvalue weighted by atomic mass is 10.1. The van der Waals surface area contributed by atoms with Crippen molar-refractivity contribution < 1.29 is 4.79 Å². The number of aromatic nitrogens is 1. The number of carbonyl (C=O) groups excluding carboxylic acids is 1. The Balaban J connectivity index is 0.00000176. The Kier molecular flexibility index (Phi) is 5.52. The van der Waals surface area contributed by atoms with Crippen LogP contribution in [0.2, 0.25) is 0 Å². The molecule has 1 amide bonds. The number of nitrogens with zero attached hydrogens (tertiary/aromatic N) is 2. The van der Waals surface area contributed by atoms with Crippen LogP contribution in [0.4, 0.5) is 0 Å². The number of hydrogen-bond donors (Lipinski definition) is 1. The Morgan fingerprint density at radius 2 is 1.91 bits per heavy atom. The molecule has 2 heterocycles. The fraction of sp³-hybridized carbons (Fsp3) is 0.294. The van der Waals surface area contributed by atoms with Crippen molar-refractivity contribution in [3.05, 3.63) is 65.0 Å². The van der Waals surface area contributed by atoms with E-state index in [1.165, 1.54) is 11.1 Å². The van der Waals surface area contributed by atoms with Gasteiger partial charge in [0.15, 0.2) is 0 Å². The van der Waals surface area contributed by atoms with Crippen LogP contribution in [0.15, 0.2) is 42.7 Å². The summed E-state index contributed by atoms with van der Waals surface area (Å²) in [7, 11) is 0. The van der Waals surface area contributed by atoms with Gasteiger partial charge in [0.2, 0.25) is 0 Å². The summed E-state index contributed by atoms with van der Waals surface area (Å²) in [6, 6.07) is 9.91. The first kappa shape index (κ1) is 16.5. The van der Waals surface area contributed by atoms with Crippen molar-refractivity contribution in [2.24, 2.45) is 0 Å². The van der Waals surface area contributed by atoms with Crippen molar-refractivity contribution in [3.8, 4) is 0 Å². The Morgan fingerprint density at radius 3 is 2.64 bits per heavy atom. The molecular formula is C17H20ClN3O. The monoisotopic (exact) mass is 317 g/mol. The van der Waals surface area contributed by atoms with Gasteiger partial charge in [0.25, 0.3) is 5.91 Å². The number of amides is 1. The van der Waals surface area contributed by atoms with E-state index < -0.39 is 0 Å². The molecule has 0 unspecified atom stereocenters. The highest BCUT2D eigenvalue weighted by Gasteiger charge is 2.17. The van der Waals surface area contributed by atoms with E-state index >= 15 is 0 Å². The third kappa shape index (κ3) is 3.46. The highest BCUT2D eigenvalue weighted by molar-refractivity contribution is 5.94. The van der Waals surface area contributed by atoms with Crippen LogP contribution in [0.5, 0.6) is 0 Å². The van der Waals surface area contributed by atoms with Crippen molar-refractivity contribution in [2.45, 2.75) is 26.6 Å². The maximum atomic E-state index is 12.7. The van der Waals surface area contributed by atoms with Crippen molar-refractivity contribution >= 4 is 18.3 Å². The summed E-state index contributed by atoms with van der Waals surface area (Å²) in [6.45, 7) is 5.07. The summed E-state index contributed by atoms with van der Waals surface area (Å²) in [5.41, 5.74) is 4.40. The molecule has 22 heavy (non-hydrogen) atoms. The first-order valence-electron chi connectivity index (χ1n) is 7.28. The standard InChI is InChI=1S/C17H19N3O.ClH/c1-2-20(12-13-5-7-18-8-6-13)17(21)14-3-4-15-10-19-11-16(15)9-14;/h3-9,19H,2,10-12H2,1H3;1H. The Hall–Kier alpha value is -1.91. The zero-order chi connectivity index (χ0) is 14.7. The average molecular weight is 318 g/mol. The van der Waals surface area contributed by atoms with E-state index in [2.05, 4.69) is 16.4 Å². The zero-order valence-corrected chi connectivity index (χ0v) is 13.4. The van der Waals surface area contributed by atoms with Gasteiger partial charge in [-0.15, -0.1) is 12.4 Å². The first-order valence-corrected chi connectivity index (χ1v) is 7.28. The van der Waals surface area contributed by atoms with E-state index in [9.17, 15) is 4.79 Å². The maximum absolute atomic E-state index is 12.7. The van der Waals surface area contributed by atoms with Crippen LogP contribution in [0.3, 0.4) is 0 Å². The summed E-state index contributed by atoms with van der Waals surface area (Å²) >= 11 is 0. The minimum atomic E-state index is 0. The molecule has 5 heteroatoms. The van der Waals surface area contributed by atoms with Crippen LogP contribution in [0.1, 0.15) is 34.0 Å². The summed E-state index contributed by atoms with van der Waals surface area (Å²) in [5.74, 6) is 0.0870. The number of pyridine rings is 1. The highest BCUT2D eigenvalue weighted by Crippen LogP contribution is 2.18. The maximum Gasteiger partial charge on any atom is 0.254 e. The second-order valence-electron chi connectivity index (χ2n) is 5.26. The normalized spacial score (nSPS) is 12.4. The van der Waals surface area contributed by atoms with Crippen LogP contribution < -0.4 is 5.32 Å². The number of rotatable bonds is 4. The van der Waals surface area contributed by atoms with E-state index in [-0.39, 0.29) is 18.3 Å². The van der Waals surface area contributed by atoms with E-state index in [1.54, 1.807) is 12.4 Å². The fourth-order valence-corrected chi connectivity index (χ4v) is 2.65. The predicted octanol–water partition coefficient (Wildman–Crippen LogP) is 2.77. The molecule has 0 atom stereocenters. The molecule has 0 radical (unpaired) electrons. The number of fused-ring (bicyclic) bond motifs is 1. The molecule has 4 nitrogen and oxygen atoms in total. The second-order valence-corrected chi connectivity index (χ2v) is 5.26. The minimum absolute atomic E-state index is 0. The Bertz CT molecular complexity index is 646. The molecule has 0 aliphatic carbocycles. The van der Waals surface area contributed by atoms with Gasteiger partial charge in [-0.3, -0.25) is 9.78 Å². The molecule has 116 valence electrons. The van der Waals surface area contributed by atoms with E-state index in [4.69, 9.17) is 0 Å². The van der Waals surface area contributed by atoms with Crippen LogP contribution in [0, 0.1) is 0 Å². The topological polar surface area (TPSA) is 45.2 Å². The van der Waals surface area contributed by atoms with Crippen LogP contribution in [-0.4, -0.2) is 22.3 Å². The molecule has 0 bridgehead atoms. The third-order valence-electron chi connectivity index (χ3n) is 3.88. The molecule has 1 N–H and O–H groups in total. The molecule has 0 fully saturated rings. The molecule has 1 aromatic carbocycles. The Morgan fingerprint density at radius 1 is 1.18 bits per heavy atom. The van der Waals surface area contributed by atoms with Crippen LogP contribution in [-0.2, 0) is 19.6 Å². The number of hydrogen-bond acceptors (Lipinski definition) is 3. The molecule has 1 aromatic heterocycles. The molecule has 1 aliphatic heterocycles. The SMILES string of the molecule is CCN(Cc1ccncc1)C(=O)c1ccc2c(c1)CNC2.Cl. The summed E-state index contributed by atoms with van der Waals surface area (Å²) in [5, 5.41) is 3.31. The average Bonchev–Trinajstić information content (AvgIpc) is 3.00. The van der Waals surface area contributed by atoms with E-state index in [1.807, 2.05) is 36.1 Å². The van der Waals surface area contributed by atoms with Gasteiger partial charge in [-0.2, -0.15) is 0 Å². The molecule has 0 spiro atoms. The summed E-state index contributed by atoms with van der Waals surface area (Å²) < 4.78 is 0. The Labute approximate surface area is 137 Å². The lowest BCUT2D eigenvalue weighted by molar-refractivity contribution is 0.0752. The second kappa shape index (κ2) is 7.38. The van der Waals surface area contributed by atoms with Gasteiger partial charge in [0.1, 0.15) is 0 Å². The highest BCUT2D eigenvalue weighted by atomic mass is 35.5. The third-order valence-corrected chi connectivity index (χ3v) is 3.88. The van der Waals surface area contributed by atoms with Crippen LogP contribution >= 0.6 is 12.4 Å². The van der Waals surface area contributed by atoms with Gasteiger partial charge in [0, 0.05) is 44.1 Å². The number of benzene rings is 1. The van der Waals surface area contributed by atoms with Crippen molar-refractivity contribution in [1.29, 1.82) is 0 Å². The first-order chi connectivity index (χ1) is 10.3. The number of halogens is 1. The lowest BCUT2D eigenvalue weighted by Crippen LogP contribution is -2.30. The number of nitrogens with one attached hydrogen (secondary N) is 1. The summed E-state index contributed by atoms with van der Waals surface area (Å²) in [6.07, 6.45) is 3.52. The van der Waals surface area contributed by atoms with Gasteiger partial charge >= 0.3 is 0 Å². The van der Waals surface area contributed by atoms with Gasteiger partial charge in [0.05, 0.1) is 0 Å². The molecular weight excluding hydrogens is 298 g/mol. The predicted molar refractivity (Wildman–Crippen MR) is 88.9 cm³/mol. The molecule has 0 saturated heterocycles. The van der Waals surface area contributed by atoms with Crippen molar-refractivity contribution in [1.82, 2.24) is 15.2 Å². The smallest absolute Gasteiger partial charge is 0.254 e. The van der Waals surface area contributed by atoms with Crippen LogP contribution in [0.25, 0.3) is 0 Å². The van der Waals surface area contributed by atoms with Crippen molar-refractivity contribution in [2.75, 3.05) is 6.54 Å². The fourth-order valence-electron chi connectivity index (χ4n) is 2.65. The van der Waals surface area contributed by atoms with E-state index in [0.717, 1.165) is 24.2 Å². The lowest BCUT2D eigenvalue weighted by Gasteiger charge is -2.21. The largest absolute Gasteiger partial charge is 0.335 e. The molecule has 1 aliphatic rings. The zero-order valence-electron chi connectivity index (χ0n) is 12.6. The van der Waals surface area contributed by atoms with Gasteiger partial charge in [-0.1, -0.05) is 6.07 Å². The molecule has 0 saturated carbocycles. The minimum Gasteiger partial charge on any atom is -0.335 e. The van der Waals surface area contributed by atoms with E-state index in [0.29, 0.717) is 13.1 Å². The van der Waals surface area contributed by atoms with Crippen molar-refractivity contribution in [3.63, 3.8) is 0 Å². The van der Waals surface area contributed by atoms with Gasteiger partial charge in [-0.05, 0) is 47.9 Å². The molecule has 2 aromatic rings. The summed E-state index contributed by atoms with van der Waals surface area (Å²) in [4.78, 5) is 18.5. The van der Waals surface area contributed by atoms with Gasteiger partial charge < -0.3 is 10.2 Å². The van der Waals surface area contributed by atoms with Gasteiger partial charge in [-0.25, -0.2) is 0 Å². The molecule has 3 rings (SSSR count). The quantitative estimate of drug-likeness (QED) is 0.943. The number of carbonyl (C=O) groups is 1.